The van der Waals surface area contributed by atoms with Gasteiger partial charge in [-0.2, -0.15) is 0 Å². The molecule has 0 spiro atoms. The van der Waals surface area contributed by atoms with Crippen LogP contribution in [0.5, 0.6) is 0 Å². The number of nitrogens with zero attached hydrogens (tertiary/aromatic N) is 2. The third kappa shape index (κ3) is 7.25. The van der Waals surface area contributed by atoms with Gasteiger partial charge in [-0.1, -0.05) is 54.9 Å². The van der Waals surface area contributed by atoms with Crippen molar-refractivity contribution >= 4 is 39.1 Å². The maximum absolute atomic E-state index is 13.3. The fourth-order valence-corrected chi connectivity index (χ4v) is 4.03. The highest BCUT2D eigenvalue weighted by Crippen LogP contribution is 2.22. The number of carbonyl (C=O) groups is 2. The van der Waals surface area contributed by atoms with Gasteiger partial charge in [-0.15, -0.1) is 0 Å². The summed E-state index contributed by atoms with van der Waals surface area (Å²) in [5, 5.41) is 3.15. The summed E-state index contributed by atoms with van der Waals surface area (Å²) in [6.07, 6.45) is 1.79. The minimum atomic E-state index is -3.77. The van der Waals surface area contributed by atoms with Gasteiger partial charge in [0.2, 0.25) is 21.8 Å². The third-order valence-electron chi connectivity index (χ3n) is 4.69. The van der Waals surface area contributed by atoms with Crippen LogP contribution in [0.4, 0.5) is 5.69 Å². The lowest BCUT2D eigenvalue weighted by atomic mass is 10.1. The second kappa shape index (κ2) is 11.2. The van der Waals surface area contributed by atoms with Gasteiger partial charge >= 0.3 is 0 Å². The van der Waals surface area contributed by atoms with Crippen LogP contribution in [0, 0.1) is 0 Å². The number of hydrogen-bond acceptors (Lipinski definition) is 4. The van der Waals surface area contributed by atoms with E-state index in [-0.39, 0.29) is 18.1 Å². The molecule has 1 N–H and O–H groups in total. The van der Waals surface area contributed by atoms with E-state index in [0.29, 0.717) is 11.6 Å². The molecule has 31 heavy (non-hydrogen) atoms. The van der Waals surface area contributed by atoms with Gasteiger partial charge in [0.25, 0.3) is 0 Å². The van der Waals surface area contributed by atoms with Crippen LogP contribution in [-0.2, 0) is 26.2 Å². The maximum atomic E-state index is 13.3. The first kappa shape index (κ1) is 24.7. The van der Waals surface area contributed by atoms with Gasteiger partial charge in [-0.3, -0.25) is 13.9 Å². The van der Waals surface area contributed by atoms with Crippen LogP contribution in [0.2, 0.25) is 5.02 Å². The van der Waals surface area contributed by atoms with Crippen LogP contribution in [-0.4, -0.2) is 50.5 Å². The van der Waals surface area contributed by atoms with Crippen LogP contribution >= 0.6 is 11.6 Å². The predicted octanol–water partition coefficient (Wildman–Crippen LogP) is 3.05. The molecule has 0 aliphatic heterocycles. The van der Waals surface area contributed by atoms with Gasteiger partial charge in [0, 0.05) is 18.1 Å². The molecule has 0 fully saturated rings. The first-order valence-corrected chi connectivity index (χ1v) is 12.2. The molecule has 0 aliphatic rings. The molecular formula is C22H28ClN3O4S. The van der Waals surface area contributed by atoms with Gasteiger partial charge in [-0.25, -0.2) is 8.42 Å². The summed E-state index contributed by atoms with van der Waals surface area (Å²) in [5.41, 5.74) is 1.12. The normalized spacial score (nSPS) is 12.1. The number of sulfonamides is 1. The Bertz CT molecular complexity index is 999. The van der Waals surface area contributed by atoms with Gasteiger partial charge in [-0.05, 0) is 37.1 Å². The van der Waals surface area contributed by atoms with Crippen molar-refractivity contribution in [1.29, 1.82) is 0 Å². The van der Waals surface area contributed by atoms with Crippen LogP contribution in [0.15, 0.2) is 54.6 Å². The smallest absolute Gasteiger partial charge is 0.244 e. The number of anilines is 1. The van der Waals surface area contributed by atoms with E-state index in [2.05, 4.69) is 5.32 Å². The van der Waals surface area contributed by atoms with Crippen LogP contribution in [0.25, 0.3) is 0 Å². The summed E-state index contributed by atoms with van der Waals surface area (Å²) in [6, 6.07) is 14.7. The monoisotopic (exact) mass is 465 g/mol. The zero-order chi connectivity index (χ0) is 23.0. The number of amides is 2. The summed E-state index contributed by atoms with van der Waals surface area (Å²) in [6.45, 7) is 3.79. The van der Waals surface area contributed by atoms with E-state index in [1.165, 1.54) is 11.0 Å². The first-order valence-electron chi connectivity index (χ1n) is 9.98. The molecule has 2 aromatic carbocycles. The molecule has 0 saturated carbocycles. The number of nitrogens with one attached hydrogen (secondary N) is 1. The van der Waals surface area contributed by atoms with E-state index in [1.54, 1.807) is 25.1 Å². The van der Waals surface area contributed by atoms with Crippen LogP contribution < -0.4 is 9.62 Å². The SMILES string of the molecule is CCCNC(=O)[C@@H](C)N(Cc1ccccc1)C(=O)CN(c1cccc(Cl)c1)S(C)(=O)=O. The zero-order valence-corrected chi connectivity index (χ0v) is 19.5. The number of carbonyl (C=O) groups excluding carboxylic acids is 2. The van der Waals surface area contributed by atoms with E-state index < -0.39 is 28.5 Å². The van der Waals surface area contributed by atoms with Crippen LogP contribution in [0.1, 0.15) is 25.8 Å². The average molecular weight is 466 g/mol. The summed E-state index contributed by atoms with van der Waals surface area (Å²) >= 11 is 6.02. The molecule has 0 heterocycles. The second-order valence-electron chi connectivity index (χ2n) is 7.22. The molecule has 0 aliphatic carbocycles. The highest BCUT2D eigenvalue weighted by atomic mass is 35.5. The summed E-state index contributed by atoms with van der Waals surface area (Å²) < 4.78 is 25.9. The lowest BCUT2D eigenvalue weighted by Crippen LogP contribution is -2.51. The standard InChI is InChI=1S/C22H28ClN3O4S/c1-4-13-24-22(28)17(2)25(15-18-9-6-5-7-10-18)21(27)16-26(31(3,29)30)20-12-8-11-19(23)14-20/h5-12,14,17H,4,13,15-16H2,1-3H3,(H,24,28)/t17-/m1/s1. The number of halogens is 1. The highest BCUT2D eigenvalue weighted by Gasteiger charge is 2.29. The number of hydrogen-bond donors (Lipinski definition) is 1. The Balaban J connectivity index is 2.34. The molecule has 1 atom stereocenters. The largest absolute Gasteiger partial charge is 0.354 e. The molecule has 2 amide bonds. The van der Waals surface area contributed by atoms with Crippen molar-refractivity contribution in [1.82, 2.24) is 10.2 Å². The quantitative estimate of drug-likeness (QED) is 0.584. The number of benzene rings is 2. The predicted molar refractivity (Wildman–Crippen MR) is 123 cm³/mol. The van der Waals surface area contributed by atoms with Crippen molar-refractivity contribution in [2.45, 2.75) is 32.9 Å². The zero-order valence-electron chi connectivity index (χ0n) is 17.9. The third-order valence-corrected chi connectivity index (χ3v) is 6.06. The topological polar surface area (TPSA) is 86.8 Å². The minimum Gasteiger partial charge on any atom is -0.354 e. The molecule has 0 bridgehead atoms. The van der Waals surface area contributed by atoms with Crippen molar-refractivity contribution in [3.05, 3.63) is 65.2 Å². The van der Waals surface area contributed by atoms with E-state index in [9.17, 15) is 18.0 Å². The summed E-state index contributed by atoms with van der Waals surface area (Å²) in [7, 11) is -3.77. The molecule has 7 nitrogen and oxygen atoms in total. The molecule has 0 saturated heterocycles. The molecule has 2 aromatic rings. The Morgan fingerprint density at radius 3 is 2.35 bits per heavy atom. The van der Waals surface area contributed by atoms with Crippen LogP contribution in [0.3, 0.4) is 0 Å². The van der Waals surface area contributed by atoms with Crippen molar-refractivity contribution < 1.29 is 18.0 Å². The molecule has 0 unspecified atom stereocenters. The van der Waals surface area contributed by atoms with E-state index >= 15 is 0 Å². The maximum Gasteiger partial charge on any atom is 0.244 e. The summed E-state index contributed by atoms with van der Waals surface area (Å²) in [5.74, 6) is -0.784. The Morgan fingerprint density at radius 2 is 1.77 bits per heavy atom. The molecule has 0 radical (unpaired) electrons. The highest BCUT2D eigenvalue weighted by molar-refractivity contribution is 7.92. The molecule has 0 aromatic heterocycles. The molecular weight excluding hydrogens is 438 g/mol. The Labute approximate surface area is 189 Å². The van der Waals surface area contributed by atoms with Gasteiger partial charge in [0.15, 0.2) is 0 Å². The number of rotatable bonds is 10. The molecule has 168 valence electrons. The molecule has 2 rings (SSSR count). The lowest BCUT2D eigenvalue weighted by Gasteiger charge is -2.31. The van der Waals surface area contributed by atoms with Gasteiger partial charge < -0.3 is 10.2 Å². The van der Waals surface area contributed by atoms with Gasteiger partial charge in [0.1, 0.15) is 12.6 Å². The second-order valence-corrected chi connectivity index (χ2v) is 9.57. The van der Waals surface area contributed by atoms with E-state index in [0.717, 1.165) is 22.5 Å². The fourth-order valence-electron chi connectivity index (χ4n) is 3.00. The first-order chi connectivity index (χ1) is 14.6. The van der Waals surface area contributed by atoms with E-state index in [4.69, 9.17) is 11.6 Å². The Kier molecular flexibility index (Phi) is 8.88. The van der Waals surface area contributed by atoms with Gasteiger partial charge in [0.05, 0.1) is 11.9 Å². The lowest BCUT2D eigenvalue weighted by molar-refractivity contribution is -0.139. The van der Waals surface area contributed by atoms with Crippen molar-refractivity contribution in [2.24, 2.45) is 0 Å². The van der Waals surface area contributed by atoms with Crippen molar-refractivity contribution in [2.75, 3.05) is 23.7 Å². The minimum absolute atomic E-state index is 0.174. The van der Waals surface area contributed by atoms with Crippen molar-refractivity contribution in [3.63, 3.8) is 0 Å². The van der Waals surface area contributed by atoms with Crippen molar-refractivity contribution in [3.8, 4) is 0 Å². The Morgan fingerprint density at radius 1 is 1.10 bits per heavy atom. The van der Waals surface area contributed by atoms with E-state index in [1.807, 2.05) is 37.3 Å². The molecule has 9 heteroatoms. The summed E-state index contributed by atoms with van der Waals surface area (Å²) in [4.78, 5) is 27.3. The average Bonchev–Trinajstić information content (AvgIpc) is 2.73. The fraction of sp³-hybridized carbons (Fsp3) is 0.364. The Hall–Kier alpha value is -2.58.